The predicted molar refractivity (Wildman–Crippen MR) is 32.6 cm³/mol. The summed E-state index contributed by atoms with van der Waals surface area (Å²) in [6.07, 6.45) is 1.12. The lowest BCUT2D eigenvalue weighted by Gasteiger charge is -2.09. The molecule has 4 nitrogen and oxygen atoms in total. The predicted octanol–water partition coefficient (Wildman–Crippen LogP) is 0.944. The highest BCUT2D eigenvalue weighted by molar-refractivity contribution is 5.77. The number of alkyl halides is 1. The van der Waals surface area contributed by atoms with Crippen LogP contribution in [0.1, 0.15) is 12.6 Å². The van der Waals surface area contributed by atoms with Crippen LogP contribution in [-0.4, -0.2) is 16.2 Å². The second-order valence-corrected chi connectivity index (χ2v) is 2.19. The number of nitrogens with zero attached hydrogens (tertiary/aromatic N) is 1. The number of hydrogen-bond acceptors (Lipinski definition) is 3. The molecule has 1 N–H and O–H groups in total. The van der Waals surface area contributed by atoms with Crippen molar-refractivity contribution in [2.75, 3.05) is 0 Å². The lowest BCUT2D eigenvalue weighted by molar-refractivity contribution is -0.150. The van der Waals surface area contributed by atoms with E-state index in [2.05, 4.69) is 9.68 Å². The van der Waals surface area contributed by atoms with E-state index in [0.29, 0.717) is 0 Å². The van der Waals surface area contributed by atoms with Gasteiger partial charge in [0.2, 0.25) is 5.67 Å². The van der Waals surface area contributed by atoms with Gasteiger partial charge in [0.05, 0.1) is 0 Å². The van der Waals surface area contributed by atoms with Gasteiger partial charge in [0.15, 0.2) is 0 Å². The maximum Gasteiger partial charge on any atom is 0.347 e. The molecule has 0 bridgehead atoms. The van der Waals surface area contributed by atoms with E-state index in [1.165, 1.54) is 6.07 Å². The Hall–Kier alpha value is -1.39. The zero-order chi connectivity index (χ0) is 8.48. The summed E-state index contributed by atoms with van der Waals surface area (Å²) in [4.78, 5) is 10.3. The van der Waals surface area contributed by atoms with Crippen molar-refractivity contribution in [3.63, 3.8) is 0 Å². The minimum Gasteiger partial charge on any atom is -0.479 e. The van der Waals surface area contributed by atoms with E-state index in [1.807, 2.05) is 0 Å². The summed E-state index contributed by atoms with van der Waals surface area (Å²) in [6.45, 7) is 0.910. The van der Waals surface area contributed by atoms with Crippen LogP contribution < -0.4 is 0 Å². The van der Waals surface area contributed by atoms with Gasteiger partial charge in [0, 0.05) is 6.07 Å². The molecule has 1 unspecified atom stereocenters. The Labute approximate surface area is 61.6 Å². The average molecular weight is 159 g/mol. The van der Waals surface area contributed by atoms with Crippen LogP contribution in [0.2, 0.25) is 0 Å². The standard InChI is InChI=1S/C6H6FNO3/c1-6(7,5(9)10)4-2-3-11-8-4/h2-3H,1H3,(H,9,10). The highest BCUT2D eigenvalue weighted by Gasteiger charge is 2.37. The van der Waals surface area contributed by atoms with E-state index in [4.69, 9.17) is 5.11 Å². The van der Waals surface area contributed by atoms with Crippen molar-refractivity contribution in [2.45, 2.75) is 12.6 Å². The first-order valence-corrected chi connectivity index (χ1v) is 2.88. The van der Waals surface area contributed by atoms with Crippen molar-refractivity contribution in [3.05, 3.63) is 18.0 Å². The molecule has 5 heteroatoms. The largest absolute Gasteiger partial charge is 0.479 e. The van der Waals surface area contributed by atoms with Crippen molar-refractivity contribution < 1.29 is 18.8 Å². The van der Waals surface area contributed by atoms with Gasteiger partial charge in [-0.25, -0.2) is 9.18 Å². The summed E-state index contributed by atoms with van der Waals surface area (Å²) >= 11 is 0. The molecule has 1 aromatic rings. The van der Waals surface area contributed by atoms with Crippen LogP contribution in [0.15, 0.2) is 16.9 Å². The molecule has 0 aromatic carbocycles. The second kappa shape index (κ2) is 2.34. The van der Waals surface area contributed by atoms with Gasteiger partial charge in [-0.05, 0) is 6.92 Å². The van der Waals surface area contributed by atoms with Crippen LogP contribution >= 0.6 is 0 Å². The number of halogens is 1. The van der Waals surface area contributed by atoms with Gasteiger partial charge >= 0.3 is 5.97 Å². The lowest BCUT2D eigenvalue weighted by atomic mass is 10.1. The Morgan fingerprint density at radius 3 is 2.91 bits per heavy atom. The molecule has 0 aliphatic rings. The molecule has 1 rings (SSSR count). The van der Waals surface area contributed by atoms with Gasteiger partial charge in [0.25, 0.3) is 0 Å². The number of carboxylic acid groups (broad SMARTS) is 1. The Morgan fingerprint density at radius 2 is 2.55 bits per heavy atom. The minimum absolute atomic E-state index is 0.231. The zero-order valence-corrected chi connectivity index (χ0v) is 5.74. The van der Waals surface area contributed by atoms with Crippen LogP contribution in [0.3, 0.4) is 0 Å². The quantitative estimate of drug-likeness (QED) is 0.697. The third-order valence-corrected chi connectivity index (χ3v) is 1.32. The van der Waals surface area contributed by atoms with E-state index < -0.39 is 11.6 Å². The van der Waals surface area contributed by atoms with Crippen LogP contribution in [0.25, 0.3) is 0 Å². The van der Waals surface area contributed by atoms with Crippen LogP contribution in [0.5, 0.6) is 0 Å². The van der Waals surface area contributed by atoms with Crippen molar-refractivity contribution in [3.8, 4) is 0 Å². The second-order valence-electron chi connectivity index (χ2n) is 2.19. The monoisotopic (exact) mass is 159 g/mol. The number of rotatable bonds is 2. The third-order valence-electron chi connectivity index (χ3n) is 1.32. The molecule has 0 saturated heterocycles. The SMILES string of the molecule is CC(F)(C(=O)O)c1ccon1. The molecular weight excluding hydrogens is 153 g/mol. The molecule has 0 aliphatic carbocycles. The Balaban J connectivity index is 3.00. The molecule has 11 heavy (non-hydrogen) atoms. The van der Waals surface area contributed by atoms with Crippen molar-refractivity contribution in [1.82, 2.24) is 5.16 Å². The van der Waals surface area contributed by atoms with Crippen LogP contribution in [0, 0.1) is 0 Å². The van der Waals surface area contributed by atoms with Gasteiger partial charge in [-0.2, -0.15) is 0 Å². The number of aliphatic carboxylic acids is 1. The topological polar surface area (TPSA) is 63.3 Å². The average Bonchev–Trinajstić information content (AvgIpc) is 2.37. The highest BCUT2D eigenvalue weighted by Crippen LogP contribution is 2.23. The van der Waals surface area contributed by atoms with E-state index in [1.54, 1.807) is 0 Å². The summed E-state index contributed by atoms with van der Waals surface area (Å²) in [6, 6.07) is 1.17. The maximum absolute atomic E-state index is 13.1. The molecule has 0 radical (unpaired) electrons. The fourth-order valence-corrected chi connectivity index (χ4v) is 0.564. The first-order valence-electron chi connectivity index (χ1n) is 2.88. The van der Waals surface area contributed by atoms with Crippen molar-refractivity contribution in [1.29, 1.82) is 0 Å². The van der Waals surface area contributed by atoms with Crippen LogP contribution in [-0.2, 0) is 10.5 Å². The molecule has 0 fully saturated rings. The fourth-order valence-electron chi connectivity index (χ4n) is 0.564. The number of carbonyl (C=O) groups is 1. The van der Waals surface area contributed by atoms with Gasteiger partial charge in [0.1, 0.15) is 12.0 Å². The first kappa shape index (κ1) is 7.71. The van der Waals surface area contributed by atoms with Gasteiger partial charge < -0.3 is 9.63 Å². The van der Waals surface area contributed by atoms with E-state index in [-0.39, 0.29) is 5.69 Å². The van der Waals surface area contributed by atoms with Gasteiger partial charge in [-0.1, -0.05) is 5.16 Å². The van der Waals surface area contributed by atoms with E-state index in [0.717, 1.165) is 13.2 Å². The van der Waals surface area contributed by atoms with Crippen molar-refractivity contribution in [2.24, 2.45) is 0 Å². The Morgan fingerprint density at radius 1 is 1.91 bits per heavy atom. The maximum atomic E-state index is 13.1. The minimum atomic E-state index is -2.47. The van der Waals surface area contributed by atoms with Gasteiger partial charge in [-0.3, -0.25) is 0 Å². The first-order chi connectivity index (χ1) is 5.05. The molecule has 1 atom stereocenters. The van der Waals surface area contributed by atoms with Gasteiger partial charge in [-0.15, -0.1) is 0 Å². The molecule has 0 spiro atoms. The Kier molecular flexibility index (Phi) is 1.64. The fraction of sp³-hybridized carbons (Fsp3) is 0.333. The summed E-state index contributed by atoms with van der Waals surface area (Å²) in [5.41, 5.74) is -2.70. The number of hydrogen-bond donors (Lipinski definition) is 1. The third kappa shape index (κ3) is 1.21. The smallest absolute Gasteiger partial charge is 0.347 e. The zero-order valence-electron chi connectivity index (χ0n) is 5.74. The normalized spacial score (nSPS) is 15.8. The van der Waals surface area contributed by atoms with E-state index in [9.17, 15) is 9.18 Å². The van der Waals surface area contributed by atoms with E-state index >= 15 is 0 Å². The molecule has 60 valence electrons. The number of aromatic nitrogens is 1. The molecule has 1 aromatic heterocycles. The van der Waals surface area contributed by atoms with Crippen molar-refractivity contribution >= 4 is 5.97 Å². The Bertz CT molecular complexity index is 255. The molecule has 0 aliphatic heterocycles. The number of carboxylic acids is 1. The molecule has 0 saturated carbocycles. The van der Waals surface area contributed by atoms with Crippen LogP contribution in [0.4, 0.5) is 4.39 Å². The summed E-state index contributed by atoms with van der Waals surface area (Å²) < 4.78 is 17.4. The highest BCUT2D eigenvalue weighted by atomic mass is 19.1. The lowest BCUT2D eigenvalue weighted by Crippen LogP contribution is -2.27. The molecule has 0 amide bonds. The molecule has 1 heterocycles. The summed E-state index contributed by atoms with van der Waals surface area (Å²) in [5, 5.41) is 11.5. The molecular formula is C6H6FNO3. The summed E-state index contributed by atoms with van der Waals surface area (Å²) in [7, 11) is 0. The summed E-state index contributed by atoms with van der Waals surface area (Å²) in [5.74, 6) is -1.58.